The molecular formula is C15H22ClNO. The van der Waals surface area contributed by atoms with Crippen LogP contribution < -0.4 is 5.32 Å². The van der Waals surface area contributed by atoms with E-state index in [1.807, 2.05) is 6.07 Å². The average molecular weight is 268 g/mol. The van der Waals surface area contributed by atoms with Crippen molar-refractivity contribution in [3.8, 4) is 0 Å². The molecule has 1 aromatic rings. The summed E-state index contributed by atoms with van der Waals surface area (Å²) in [6.45, 7) is 6.00. The summed E-state index contributed by atoms with van der Waals surface area (Å²) in [5.74, 6) is 0. The Morgan fingerprint density at radius 1 is 1.44 bits per heavy atom. The number of halogens is 1. The van der Waals surface area contributed by atoms with Crippen LogP contribution in [0.5, 0.6) is 0 Å². The van der Waals surface area contributed by atoms with E-state index in [0.29, 0.717) is 12.1 Å². The first-order valence-corrected chi connectivity index (χ1v) is 7.18. The van der Waals surface area contributed by atoms with Crippen LogP contribution in [0.4, 0.5) is 0 Å². The van der Waals surface area contributed by atoms with E-state index < -0.39 is 0 Å². The van der Waals surface area contributed by atoms with Crippen molar-refractivity contribution in [2.75, 3.05) is 13.2 Å². The molecule has 3 heteroatoms. The van der Waals surface area contributed by atoms with E-state index in [4.69, 9.17) is 16.3 Å². The van der Waals surface area contributed by atoms with Gasteiger partial charge in [0, 0.05) is 17.7 Å². The number of hydrogen-bond donors (Lipinski definition) is 1. The third kappa shape index (κ3) is 3.71. The van der Waals surface area contributed by atoms with E-state index in [9.17, 15) is 0 Å². The molecule has 2 nitrogen and oxygen atoms in total. The second kappa shape index (κ2) is 6.55. The fourth-order valence-electron chi connectivity index (χ4n) is 2.47. The third-order valence-electron chi connectivity index (χ3n) is 3.35. The zero-order valence-corrected chi connectivity index (χ0v) is 12.0. The second-order valence-electron chi connectivity index (χ2n) is 5.16. The SMILES string of the molecule is CC(C)OCCCNC1CCc2cc(Cl)ccc21. The summed E-state index contributed by atoms with van der Waals surface area (Å²) in [6.07, 6.45) is 3.72. The Balaban J connectivity index is 1.76. The molecule has 1 N–H and O–H groups in total. The lowest BCUT2D eigenvalue weighted by atomic mass is 10.1. The molecule has 1 aliphatic rings. The Labute approximate surface area is 115 Å². The molecule has 0 aliphatic heterocycles. The van der Waals surface area contributed by atoms with Crippen molar-refractivity contribution >= 4 is 11.6 Å². The number of rotatable bonds is 6. The Kier molecular flexibility index (Phi) is 5.04. The minimum atomic E-state index is 0.333. The summed E-state index contributed by atoms with van der Waals surface area (Å²) >= 11 is 6.01. The molecule has 1 aromatic carbocycles. The third-order valence-corrected chi connectivity index (χ3v) is 3.58. The zero-order valence-electron chi connectivity index (χ0n) is 11.2. The number of hydrogen-bond acceptors (Lipinski definition) is 2. The molecule has 0 aromatic heterocycles. The molecule has 0 heterocycles. The van der Waals surface area contributed by atoms with E-state index in [2.05, 4.69) is 31.3 Å². The smallest absolute Gasteiger partial charge is 0.0518 e. The number of fused-ring (bicyclic) bond motifs is 1. The van der Waals surface area contributed by atoms with Crippen LogP contribution in [0.15, 0.2) is 18.2 Å². The van der Waals surface area contributed by atoms with Gasteiger partial charge in [0.25, 0.3) is 0 Å². The van der Waals surface area contributed by atoms with Gasteiger partial charge >= 0.3 is 0 Å². The van der Waals surface area contributed by atoms with Gasteiger partial charge in [-0.05, 0) is 62.9 Å². The maximum Gasteiger partial charge on any atom is 0.0518 e. The Morgan fingerprint density at radius 2 is 2.28 bits per heavy atom. The van der Waals surface area contributed by atoms with Gasteiger partial charge in [0.2, 0.25) is 0 Å². The van der Waals surface area contributed by atoms with Crippen LogP contribution in [0.3, 0.4) is 0 Å². The molecule has 2 rings (SSSR count). The quantitative estimate of drug-likeness (QED) is 0.793. The lowest BCUT2D eigenvalue weighted by molar-refractivity contribution is 0.0767. The van der Waals surface area contributed by atoms with Gasteiger partial charge in [0.1, 0.15) is 0 Å². The summed E-state index contributed by atoms with van der Waals surface area (Å²) in [4.78, 5) is 0. The van der Waals surface area contributed by atoms with Gasteiger partial charge in [-0.2, -0.15) is 0 Å². The van der Waals surface area contributed by atoms with Gasteiger partial charge in [0.05, 0.1) is 6.10 Å². The number of nitrogens with one attached hydrogen (secondary N) is 1. The van der Waals surface area contributed by atoms with Crippen LogP contribution in [0, 0.1) is 0 Å². The van der Waals surface area contributed by atoms with Crippen LogP contribution in [-0.2, 0) is 11.2 Å². The molecule has 1 atom stereocenters. The normalized spacial score (nSPS) is 18.3. The predicted octanol–water partition coefficient (Wildman–Crippen LogP) is 3.73. The Hall–Kier alpha value is -0.570. The molecule has 1 unspecified atom stereocenters. The molecule has 18 heavy (non-hydrogen) atoms. The highest BCUT2D eigenvalue weighted by Gasteiger charge is 2.21. The van der Waals surface area contributed by atoms with E-state index in [1.54, 1.807) is 0 Å². The van der Waals surface area contributed by atoms with Gasteiger partial charge in [-0.1, -0.05) is 17.7 Å². The summed E-state index contributed by atoms with van der Waals surface area (Å²) in [5.41, 5.74) is 2.82. The summed E-state index contributed by atoms with van der Waals surface area (Å²) in [5, 5.41) is 4.45. The number of ether oxygens (including phenoxy) is 1. The van der Waals surface area contributed by atoms with E-state index in [0.717, 1.165) is 31.0 Å². The topological polar surface area (TPSA) is 21.3 Å². The zero-order chi connectivity index (χ0) is 13.0. The van der Waals surface area contributed by atoms with Crippen LogP contribution >= 0.6 is 11.6 Å². The lowest BCUT2D eigenvalue weighted by Crippen LogP contribution is -2.22. The first-order chi connectivity index (χ1) is 8.66. The van der Waals surface area contributed by atoms with E-state index >= 15 is 0 Å². The van der Waals surface area contributed by atoms with E-state index in [1.165, 1.54) is 17.5 Å². The Bertz CT molecular complexity index is 392. The first-order valence-electron chi connectivity index (χ1n) is 6.80. The van der Waals surface area contributed by atoms with Crippen LogP contribution in [0.2, 0.25) is 5.02 Å². The fourth-order valence-corrected chi connectivity index (χ4v) is 2.66. The molecule has 0 spiro atoms. The largest absolute Gasteiger partial charge is 0.379 e. The van der Waals surface area contributed by atoms with Crippen molar-refractivity contribution in [1.29, 1.82) is 0 Å². The van der Waals surface area contributed by atoms with Crippen molar-refractivity contribution < 1.29 is 4.74 Å². The molecule has 0 bridgehead atoms. The number of benzene rings is 1. The standard InChI is InChI=1S/C15H22ClNO/c1-11(2)18-9-3-8-17-15-7-4-12-10-13(16)5-6-14(12)15/h5-6,10-11,15,17H,3-4,7-9H2,1-2H3. The van der Waals surface area contributed by atoms with Gasteiger partial charge in [0.15, 0.2) is 0 Å². The summed E-state index contributed by atoms with van der Waals surface area (Å²) in [7, 11) is 0. The molecule has 0 fully saturated rings. The minimum absolute atomic E-state index is 0.333. The van der Waals surface area contributed by atoms with Crippen LogP contribution in [0.25, 0.3) is 0 Å². The predicted molar refractivity (Wildman–Crippen MR) is 76.2 cm³/mol. The van der Waals surface area contributed by atoms with Crippen molar-refractivity contribution in [3.05, 3.63) is 34.3 Å². The van der Waals surface area contributed by atoms with E-state index in [-0.39, 0.29) is 0 Å². The van der Waals surface area contributed by atoms with Crippen LogP contribution in [0.1, 0.15) is 43.9 Å². The number of aryl methyl sites for hydroxylation is 1. The molecule has 0 saturated heterocycles. The fraction of sp³-hybridized carbons (Fsp3) is 0.600. The van der Waals surface area contributed by atoms with Crippen molar-refractivity contribution in [2.24, 2.45) is 0 Å². The van der Waals surface area contributed by atoms with Gasteiger partial charge in [-0.3, -0.25) is 0 Å². The molecule has 100 valence electrons. The molecule has 0 saturated carbocycles. The Morgan fingerprint density at radius 3 is 3.06 bits per heavy atom. The van der Waals surface area contributed by atoms with Crippen molar-refractivity contribution in [3.63, 3.8) is 0 Å². The van der Waals surface area contributed by atoms with Crippen LogP contribution in [-0.4, -0.2) is 19.3 Å². The summed E-state index contributed by atoms with van der Waals surface area (Å²) < 4.78 is 5.53. The first kappa shape index (κ1) is 13.9. The van der Waals surface area contributed by atoms with Crippen molar-refractivity contribution in [2.45, 2.75) is 45.3 Å². The molecule has 0 amide bonds. The maximum atomic E-state index is 6.01. The summed E-state index contributed by atoms with van der Waals surface area (Å²) in [6, 6.07) is 6.74. The minimum Gasteiger partial charge on any atom is -0.379 e. The molecule has 0 radical (unpaired) electrons. The van der Waals surface area contributed by atoms with Crippen molar-refractivity contribution in [1.82, 2.24) is 5.32 Å². The average Bonchev–Trinajstić information content (AvgIpc) is 2.70. The maximum absolute atomic E-state index is 6.01. The lowest BCUT2D eigenvalue weighted by Gasteiger charge is -2.14. The van der Waals surface area contributed by atoms with Gasteiger partial charge in [-0.15, -0.1) is 0 Å². The highest BCUT2D eigenvalue weighted by atomic mass is 35.5. The highest BCUT2D eigenvalue weighted by Crippen LogP contribution is 2.32. The molecular weight excluding hydrogens is 246 g/mol. The van der Waals surface area contributed by atoms with Gasteiger partial charge in [-0.25, -0.2) is 0 Å². The molecule has 1 aliphatic carbocycles. The highest BCUT2D eigenvalue weighted by molar-refractivity contribution is 6.30. The van der Waals surface area contributed by atoms with Gasteiger partial charge < -0.3 is 10.1 Å². The monoisotopic (exact) mass is 267 g/mol. The second-order valence-corrected chi connectivity index (χ2v) is 5.60.